The Kier molecular flexibility index (Phi) is 4.45. The molecule has 1 aliphatic rings. The molecule has 0 aromatic carbocycles. The van der Waals surface area contributed by atoms with E-state index in [1.54, 1.807) is 11.0 Å². The van der Waals surface area contributed by atoms with E-state index in [0.717, 1.165) is 25.0 Å². The van der Waals surface area contributed by atoms with Crippen molar-refractivity contribution in [2.45, 2.75) is 52.5 Å². The Balaban J connectivity index is 1.66. The molecule has 1 fully saturated rings. The smallest absolute Gasteiger partial charge is 0.276 e. The first-order valence-corrected chi connectivity index (χ1v) is 8.14. The molecule has 0 spiro atoms. The van der Waals surface area contributed by atoms with Gasteiger partial charge in [0.2, 0.25) is 5.89 Å². The Morgan fingerprint density at radius 3 is 2.78 bits per heavy atom. The van der Waals surface area contributed by atoms with Crippen LogP contribution in [0.5, 0.6) is 0 Å². The molecule has 1 aliphatic carbocycles. The number of hydrogen-bond donors (Lipinski definition) is 0. The van der Waals surface area contributed by atoms with Crippen LogP contribution in [-0.4, -0.2) is 32.6 Å². The van der Waals surface area contributed by atoms with E-state index >= 15 is 0 Å². The molecule has 1 amide bonds. The SMILES string of the molecule is CCN(Cc1noc(C2CC2)n1)C(=O)c1cc(CC(C)C)on1. The van der Waals surface area contributed by atoms with Gasteiger partial charge in [0.15, 0.2) is 11.5 Å². The van der Waals surface area contributed by atoms with Crippen LogP contribution in [0.3, 0.4) is 0 Å². The third-order valence-corrected chi connectivity index (χ3v) is 3.80. The predicted molar refractivity (Wildman–Crippen MR) is 81.7 cm³/mol. The molecule has 23 heavy (non-hydrogen) atoms. The molecule has 0 saturated heterocycles. The summed E-state index contributed by atoms with van der Waals surface area (Å²) in [6.07, 6.45) is 2.98. The molecule has 0 bridgehead atoms. The summed E-state index contributed by atoms with van der Waals surface area (Å²) < 4.78 is 10.5. The molecule has 124 valence electrons. The van der Waals surface area contributed by atoms with Crippen LogP contribution >= 0.6 is 0 Å². The van der Waals surface area contributed by atoms with Gasteiger partial charge in [-0.25, -0.2) is 0 Å². The number of rotatable bonds is 7. The van der Waals surface area contributed by atoms with Gasteiger partial charge in [-0.3, -0.25) is 4.79 Å². The molecule has 2 aromatic rings. The van der Waals surface area contributed by atoms with Crippen LogP contribution in [0.25, 0.3) is 0 Å². The predicted octanol–water partition coefficient (Wildman–Crippen LogP) is 2.80. The first kappa shape index (κ1) is 15.7. The molecular weight excluding hydrogens is 296 g/mol. The van der Waals surface area contributed by atoms with Crippen LogP contribution in [0, 0.1) is 5.92 Å². The summed E-state index contributed by atoms with van der Waals surface area (Å²) >= 11 is 0. The highest BCUT2D eigenvalue weighted by molar-refractivity contribution is 5.92. The quantitative estimate of drug-likeness (QED) is 0.780. The second-order valence-corrected chi connectivity index (χ2v) is 6.42. The van der Waals surface area contributed by atoms with Gasteiger partial charge >= 0.3 is 0 Å². The average Bonchev–Trinajstić information content (AvgIpc) is 3.08. The van der Waals surface area contributed by atoms with Gasteiger partial charge in [0.25, 0.3) is 5.91 Å². The molecule has 0 aliphatic heterocycles. The highest BCUT2D eigenvalue weighted by Crippen LogP contribution is 2.38. The number of aromatic nitrogens is 3. The van der Waals surface area contributed by atoms with Crippen molar-refractivity contribution in [2.75, 3.05) is 6.54 Å². The number of hydrogen-bond acceptors (Lipinski definition) is 6. The van der Waals surface area contributed by atoms with Crippen molar-refractivity contribution in [2.24, 2.45) is 5.92 Å². The molecule has 0 radical (unpaired) electrons. The van der Waals surface area contributed by atoms with Gasteiger partial charge in [-0.05, 0) is 25.7 Å². The van der Waals surface area contributed by atoms with Gasteiger partial charge in [-0.1, -0.05) is 24.2 Å². The molecular formula is C16H22N4O3. The van der Waals surface area contributed by atoms with Crippen molar-refractivity contribution in [3.05, 3.63) is 29.2 Å². The van der Waals surface area contributed by atoms with Gasteiger partial charge < -0.3 is 13.9 Å². The molecule has 0 N–H and O–H groups in total. The highest BCUT2D eigenvalue weighted by Gasteiger charge is 2.30. The van der Waals surface area contributed by atoms with Crippen molar-refractivity contribution in [3.8, 4) is 0 Å². The van der Waals surface area contributed by atoms with Crippen molar-refractivity contribution in [1.82, 2.24) is 20.2 Å². The maximum absolute atomic E-state index is 12.5. The lowest BCUT2D eigenvalue weighted by Crippen LogP contribution is -2.31. The summed E-state index contributed by atoms with van der Waals surface area (Å²) in [5, 5.41) is 7.85. The Labute approximate surface area is 135 Å². The Bertz CT molecular complexity index is 672. The second-order valence-electron chi connectivity index (χ2n) is 6.42. The lowest BCUT2D eigenvalue weighted by Gasteiger charge is -2.17. The topological polar surface area (TPSA) is 85.3 Å². The largest absolute Gasteiger partial charge is 0.361 e. The highest BCUT2D eigenvalue weighted by atomic mass is 16.5. The Hall–Kier alpha value is -2.18. The van der Waals surface area contributed by atoms with E-state index in [9.17, 15) is 4.79 Å². The minimum Gasteiger partial charge on any atom is -0.361 e. The zero-order valence-electron chi connectivity index (χ0n) is 13.8. The van der Waals surface area contributed by atoms with Gasteiger partial charge in [0.1, 0.15) is 5.76 Å². The lowest BCUT2D eigenvalue weighted by atomic mass is 10.1. The van der Waals surface area contributed by atoms with E-state index in [1.165, 1.54) is 0 Å². The number of nitrogens with zero attached hydrogens (tertiary/aromatic N) is 4. The minimum atomic E-state index is -0.177. The van der Waals surface area contributed by atoms with Crippen molar-refractivity contribution < 1.29 is 13.8 Å². The average molecular weight is 318 g/mol. The third kappa shape index (κ3) is 3.78. The second kappa shape index (κ2) is 6.52. The third-order valence-electron chi connectivity index (χ3n) is 3.80. The van der Waals surface area contributed by atoms with Crippen LogP contribution in [0.1, 0.15) is 67.5 Å². The lowest BCUT2D eigenvalue weighted by molar-refractivity contribution is 0.0736. The normalized spacial score (nSPS) is 14.4. The number of amides is 1. The van der Waals surface area contributed by atoms with Gasteiger partial charge in [0, 0.05) is 24.9 Å². The molecule has 2 aromatic heterocycles. The number of carbonyl (C=O) groups excluding carboxylic acids is 1. The Morgan fingerprint density at radius 2 is 2.13 bits per heavy atom. The summed E-state index contributed by atoms with van der Waals surface area (Å²) in [6.45, 7) is 6.96. The van der Waals surface area contributed by atoms with E-state index in [-0.39, 0.29) is 5.91 Å². The summed E-state index contributed by atoms with van der Waals surface area (Å²) in [6, 6.07) is 1.72. The molecule has 0 unspecified atom stereocenters. The van der Waals surface area contributed by atoms with Gasteiger partial charge in [-0.2, -0.15) is 4.98 Å². The maximum Gasteiger partial charge on any atom is 0.276 e. The van der Waals surface area contributed by atoms with E-state index in [4.69, 9.17) is 9.05 Å². The van der Waals surface area contributed by atoms with Crippen molar-refractivity contribution in [3.63, 3.8) is 0 Å². The first-order chi connectivity index (χ1) is 11.1. The van der Waals surface area contributed by atoms with Gasteiger partial charge in [0.05, 0.1) is 6.54 Å². The van der Waals surface area contributed by atoms with Crippen LogP contribution in [0.2, 0.25) is 0 Å². The van der Waals surface area contributed by atoms with Gasteiger partial charge in [-0.15, -0.1) is 0 Å². The zero-order chi connectivity index (χ0) is 16.4. The molecule has 2 heterocycles. The molecule has 7 nitrogen and oxygen atoms in total. The van der Waals surface area contributed by atoms with E-state index in [2.05, 4.69) is 29.1 Å². The van der Waals surface area contributed by atoms with E-state index in [0.29, 0.717) is 42.3 Å². The first-order valence-electron chi connectivity index (χ1n) is 8.14. The summed E-state index contributed by atoms with van der Waals surface area (Å²) in [5.74, 6) is 2.64. The fourth-order valence-electron chi connectivity index (χ4n) is 2.40. The molecule has 3 rings (SSSR count). The van der Waals surface area contributed by atoms with Crippen LogP contribution < -0.4 is 0 Å². The molecule has 1 saturated carbocycles. The molecule has 0 atom stereocenters. The van der Waals surface area contributed by atoms with E-state index < -0.39 is 0 Å². The summed E-state index contributed by atoms with van der Waals surface area (Å²) in [7, 11) is 0. The number of carbonyl (C=O) groups is 1. The fourth-order valence-corrected chi connectivity index (χ4v) is 2.40. The van der Waals surface area contributed by atoms with Crippen LogP contribution in [0.15, 0.2) is 15.1 Å². The Morgan fingerprint density at radius 1 is 1.35 bits per heavy atom. The van der Waals surface area contributed by atoms with Crippen molar-refractivity contribution in [1.29, 1.82) is 0 Å². The van der Waals surface area contributed by atoms with Crippen molar-refractivity contribution >= 4 is 5.91 Å². The summed E-state index contributed by atoms with van der Waals surface area (Å²) in [4.78, 5) is 18.6. The summed E-state index contributed by atoms with van der Waals surface area (Å²) in [5.41, 5.74) is 0.327. The standard InChI is InChI=1S/C16H22N4O3/c1-4-20(9-14-17-15(23-19-14)11-5-6-11)16(21)13-8-12(22-18-13)7-10(2)3/h8,10-11H,4-7,9H2,1-3H3. The maximum atomic E-state index is 12.5. The van der Waals surface area contributed by atoms with E-state index in [1.807, 2.05) is 6.92 Å². The zero-order valence-corrected chi connectivity index (χ0v) is 13.8. The fraction of sp³-hybridized carbons (Fsp3) is 0.625. The molecule has 7 heteroatoms. The van der Waals surface area contributed by atoms with Crippen LogP contribution in [-0.2, 0) is 13.0 Å². The monoisotopic (exact) mass is 318 g/mol. The minimum absolute atomic E-state index is 0.177. The van der Waals surface area contributed by atoms with Crippen LogP contribution in [0.4, 0.5) is 0 Å².